The summed E-state index contributed by atoms with van der Waals surface area (Å²) in [5.41, 5.74) is -1.34. The van der Waals surface area contributed by atoms with Gasteiger partial charge in [-0.15, -0.1) is 0 Å². The van der Waals surface area contributed by atoms with E-state index >= 15 is 0 Å². The molecule has 1 amide bonds. The van der Waals surface area contributed by atoms with E-state index in [4.69, 9.17) is 0 Å². The van der Waals surface area contributed by atoms with Gasteiger partial charge in [0.15, 0.2) is 0 Å². The van der Waals surface area contributed by atoms with Crippen molar-refractivity contribution in [3.05, 3.63) is 11.3 Å². The van der Waals surface area contributed by atoms with Gasteiger partial charge < -0.3 is 5.32 Å². The molecule has 2 atom stereocenters. The highest BCUT2D eigenvalue weighted by atomic mass is 19.4. The van der Waals surface area contributed by atoms with Gasteiger partial charge in [-0.1, -0.05) is 31.8 Å². The van der Waals surface area contributed by atoms with Gasteiger partial charge >= 0.3 is 6.18 Å². The summed E-state index contributed by atoms with van der Waals surface area (Å²) >= 11 is 0. The van der Waals surface area contributed by atoms with Crippen LogP contribution < -0.4 is 5.32 Å². The molecule has 2 unspecified atom stereocenters. The van der Waals surface area contributed by atoms with Crippen LogP contribution in [0, 0.1) is 16.7 Å². The molecule has 0 aromatic heterocycles. The van der Waals surface area contributed by atoms with Crippen molar-refractivity contribution in [2.75, 3.05) is 0 Å². The maximum Gasteiger partial charge on any atom is 0.399 e. The number of hydrogen-bond donors (Lipinski definition) is 1. The van der Waals surface area contributed by atoms with Crippen molar-refractivity contribution in [2.24, 2.45) is 16.7 Å². The summed E-state index contributed by atoms with van der Waals surface area (Å²) in [5, 5.41) is 2.78. The van der Waals surface area contributed by atoms with Crippen LogP contribution in [0.15, 0.2) is 11.3 Å². The zero-order valence-electron chi connectivity index (χ0n) is 14.7. The Hall–Kier alpha value is -1.00. The summed E-state index contributed by atoms with van der Waals surface area (Å²) in [7, 11) is 0. The summed E-state index contributed by atoms with van der Waals surface area (Å²) in [6.07, 6.45) is 3.14. The van der Waals surface area contributed by atoms with Gasteiger partial charge in [-0.3, -0.25) is 4.79 Å². The molecule has 2 saturated carbocycles. The lowest BCUT2D eigenvalue weighted by atomic mass is 9.75. The number of allylic oxidation sites excluding steroid dienone is 2. The van der Waals surface area contributed by atoms with Gasteiger partial charge in [0.1, 0.15) is 5.41 Å². The number of hydrogen-bond acceptors (Lipinski definition) is 1. The molecular weight excluding hydrogens is 315 g/mol. The van der Waals surface area contributed by atoms with Gasteiger partial charge in [0, 0.05) is 11.1 Å². The minimum Gasteiger partial charge on any atom is -0.328 e. The third kappa shape index (κ3) is 2.88. The fourth-order valence-corrected chi connectivity index (χ4v) is 4.71. The fraction of sp³-hybridized carbons (Fsp3) is 0.842. The average molecular weight is 343 g/mol. The Morgan fingerprint density at radius 1 is 1.12 bits per heavy atom. The van der Waals surface area contributed by atoms with Gasteiger partial charge in [-0.2, -0.15) is 13.2 Å². The first kappa shape index (κ1) is 17.8. The lowest BCUT2D eigenvalue weighted by Crippen LogP contribution is -2.43. The van der Waals surface area contributed by atoms with Gasteiger partial charge in [0.2, 0.25) is 5.91 Å². The van der Waals surface area contributed by atoms with Crippen LogP contribution in [-0.4, -0.2) is 12.1 Å². The largest absolute Gasteiger partial charge is 0.399 e. The summed E-state index contributed by atoms with van der Waals surface area (Å²) in [6.45, 7) is 3.95. The van der Waals surface area contributed by atoms with E-state index in [1.165, 1.54) is 0 Å². The molecule has 0 radical (unpaired) electrons. The number of amides is 1. The van der Waals surface area contributed by atoms with Gasteiger partial charge in [-0.25, -0.2) is 0 Å². The Morgan fingerprint density at radius 3 is 2.42 bits per heavy atom. The molecule has 2 nitrogen and oxygen atoms in total. The SMILES string of the molecule is CCC1CCCC2(CCC(C)=C(C3(C(F)(F)F)CC3)NC2=O)CC1. The molecule has 1 aliphatic heterocycles. The predicted molar refractivity (Wildman–Crippen MR) is 87.1 cm³/mol. The molecule has 1 N–H and O–H groups in total. The molecular formula is C19H28F3NO. The standard InChI is InChI=1S/C19H28F3NO/c1-3-14-5-4-8-17(10-7-14)9-6-13(2)15(23-16(17)24)18(11-12-18)19(20,21)22/h14H,3-12H2,1-2H3,(H,23,24). The number of carbonyl (C=O) groups is 1. The van der Waals surface area contributed by atoms with E-state index in [0.29, 0.717) is 18.8 Å². The summed E-state index contributed by atoms with van der Waals surface area (Å²) < 4.78 is 40.6. The van der Waals surface area contributed by atoms with E-state index in [1.807, 2.05) is 0 Å². The van der Waals surface area contributed by atoms with Crippen LogP contribution >= 0.6 is 0 Å². The summed E-state index contributed by atoms with van der Waals surface area (Å²) in [5.74, 6) is 0.500. The first-order chi connectivity index (χ1) is 11.2. The molecule has 3 rings (SSSR count). The van der Waals surface area contributed by atoms with Crippen LogP contribution in [0.3, 0.4) is 0 Å². The van der Waals surface area contributed by atoms with E-state index in [2.05, 4.69) is 12.2 Å². The molecule has 0 aromatic carbocycles. The number of halogens is 3. The molecule has 0 bridgehead atoms. The quantitative estimate of drug-likeness (QED) is 0.706. The van der Waals surface area contributed by atoms with E-state index in [9.17, 15) is 18.0 Å². The lowest BCUT2D eigenvalue weighted by molar-refractivity contribution is -0.177. The molecule has 0 saturated heterocycles. The summed E-state index contributed by atoms with van der Waals surface area (Å²) in [6, 6.07) is 0. The van der Waals surface area contributed by atoms with Crippen molar-refractivity contribution >= 4 is 5.91 Å². The number of rotatable bonds is 2. The predicted octanol–water partition coefficient (Wildman–Crippen LogP) is 5.49. The smallest absolute Gasteiger partial charge is 0.328 e. The second-order valence-electron chi connectivity index (χ2n) is 8.17. The van der Waals surface area contributed by atoms with E-state index in [-0.39, 0.29) is 24.4 Å². The monoisotopic (exact) mass is 343 g/mol. The van der Waals surface area contributed by atoms with Crippen LogP contribution in [0.5, 0.6) is 0 Å². The number of alkyl halides is 3. The topological polar surface area (TPSA) is 29.1 Å². The van der Waals surface area contributed by atoms with Crippen molar-refractivity contribution in [2.45, 2.75) is 84.2 Å². The van der Waals surface area contributed by atoms with Crippen LogP contribution in [0.2, 0.25) is 0 Å². The van der Waals surface area contributed by atoms with E-state index in [0.717, 1.165) is 44.1 Å². The molecule has 24 heavy (non-hydrogen) atoms. The second kappa shape index (κ2) is 6.06. The Morgan fingerprint density at radius 2 is 1.83 bits per heavy atom. The fourth-order valence-electron chi connectivity index (χ4n) is 4.71. The maximum absolute atomic E-state index is 13.5. The minimum absolute atomic E-state index is 0.106. The summed E-state index contributed by atoms with van der Waals surface area (Å²) in [4.78, 5) is 13.0. The first-order valence-corrected chi connectivity index (χ1v) is 9.32. The minimum atomic E-state index is -4.27. The third-order valence-corrected chi connectivity index (χ3v) is 6.77. The van der Waals surface area contributed by atoms with E-state index < -0.39 is 17.0 Å². The van der Waals surface area contributed by atoms with Crippen molar-refractivity contribution < 1.29 is 18.0 Å². The molecule has 5 heteroatoms. The normalized spacial score (nSPS) is 33.9. The highest BCUT2D eigenvalue weighted by Crippen LogP contribution is 2.63. The molecule has 1 spiro atoms. The van der Waals surface area contributed by atoms with Gasteiger partial charge in [-0.05, 0) is 57.8 Å². The molecule has 3 aliphatic rings. The number of nitrogens with one attached hydrogen (secondary N) is 1. The first-order valence-electron chi connectivity index (χ1n) is 9.32. The third-order valence-electron chi connectivity index (χ3n) is 6.77. The van der Waals surface area contributed by atoms with Crippen LogP contribution in [0.4, 0.5) is 13.2 Å². The number of carbonyl (C=O) groups excluding carboxylic acids is 1. The highest BCUT2D eigenvalue weighted by molar-refractivity contribution is 5.85. The van der Waals surface area contributed by atoms with Crippen LogP contribution in [0.1, 0.15) is 78.1 Å². The average Bonchev–Trinajstić information content (AvgIpc) is 3.33. The van der Waals surface area contributed by atoms with Crippen LogP contribution in [-0.2, 0) is 4.79 Å². The van der Waals surface area contributed by atoms with Crippen LogP contribution in [0.25, 0.3) is 0 Å². The Labute approximate surface area is 142 Å². The van der Waals surface area contributed by atoms with Gasteiger partial charge in [0.05, 0.1) is 0 Å². The maximum atomic E-state index is 13.5. The molecule has 1 heterocycles. The van der Waals surface area contributed by atoms with Crippen molar-refractivity contribution in [3.63, 3.8) is 0 Å². The molecule has 136 valence electrons. The van der Waals surface area contributed by atoms with Crippen molar-refractivity contribution in [3.8, 4) is 0 Å². The Bertz CT molecular complexity index is 547. The highest BCUT2D eigenvalue weighted by Gasteiger charge is 2.66. The Balaban J connectivity index is 1.83. The van der Waals surface area contributed by atoms with Crippen molar-refractivity contribution in [1.29, 1.82) is 0 Å². The lowest BCUT2D eigenvalue weighted by Gasteiger charge is -2.31. The molecule has 2 fully saturated rings. The van der Waals surface area contributed by atoms with Gasteiger partial charge in [0.25, 0.3) is 0 Å². The molecule has 0 aromatic rings. The molecule has 2 aliphatic carbocycles. The second-order valence-corrected chi connectivity index (χ2v) is 8.17. The Kier molecular flexibility index (Phi) is 4.50. The van der Waals surface area contributed by atoms with Crippen molar-refractivity contribution in [1.82, 2.24) is 5.32 Å². The van der Waals surface area contributed by atoms with E-state index in [1.54, 1.807) is 6.92 Å². The zero-order valence-corrected chi connectivity index (χ0v) is 14.7. The zero-order chi connectivity index (χ0) is 17.6.